The summed E-state index contributed by atoms with van der Waals surface area (Å²) in [6, 6.07) is 10.8. The first-order valence-electron chi connectivity index (χ1n) is 7.01. The molecule has 22 heavy (non-hydrogen) atoms. The van der Waals surface area contributed by atoms with E-state index >= 15 is 0 Å². The van der Waals surface area contributed by atoms with Crippen molar-refractivity contribution in [3.8, 4) is 5.75 Å². The van der Waals surface area contributed by atoms with Crippen molar-refractivity contribution >= 4 is 39.1 Å². The van der Waals surface area contributed by atoms with Crippen molar-refractivity contribution in [2.75, 3.05) is 11.9 Å². The van der Waals surface area contributed by atoms with Gasteiger partial charge >= 0.3 is 0 Å². The number of hydrogen-bond donors (Lipinski definition) is 1. The Kier molecular flexibility index (Phi) is 5.86. The smallest absolute Gasteiger partial charge is 0.257 e. The molecule has 1 N–H and O–H groups in total. The molecule has 0 aromatic heterocycles. The third-order valence-corrected chi connectivity index (χ3v) is 3.91. The molecule has 0 atom stereocenters. The summed E-state index contributed by atoms with van der Waals surface area (Å²) in [6.45, 7) is 4.67. The Morgan fingerprint density at radius 2 is 2.05 bits per heavy atom. The second-order valence-electron chi connectivity index (χ2n) is 4.90. The van der Waals surface area contributed by atoms with E-state index in [0.29, 0.717) is 17.2 Å². The third kappa shape index (κ3) is 4.24. The van der Waals surface area contributed by atoms with Gasteiger partial charge in [0.2, 0.25) is 0 Å². The lowest BCUT2D eigenvalue weighted by molar-refractivity contribution is 0.102. The second kappa shape index (κ2) is 7.65. The molecule has 0 aliphatic heterocycles. The Hall–Kier alpha value is -1.52. The SMILES string of the molecule is CCCOc1ccc(NC(=O)c2cc(Br)ccc2Cl)c(C)c1. The van der Waals surface area contributed by atoms with E-state index in [1.165, 1.54) is 0 Å². The van der Waals surface area contributed by atoms with Gasteiger partial charge in [0.25, 0.3) is 5.91 Å². The van der Waals surface area contributed by atoms with E-state index in [-0.39, 0.29) is 5.91 Å². The van der Waals surface area contributed by atoms with Crippen LogP contribution in [-0.4, -0.2) is 12.5 Å². The molecule has 0 aliphatic rings. The zero-order valence-electron chi connectivity index (χ0n) is 12.5. The molecule has 0 aliphatic carbocycles. The number of anilines is 1. The molecule has 0 unspecified atom stereocenters. The predicted octanol–water partition coefficient (Wildman–Crippen LogP) is 5.45. The fourth-order valence-corrected chi connectivity index (χ4v) is 2.51. The van der Waals surface area contributed by atoms with Crippen LogP contribution in [0.5, 0.6) is 5.75 Å². The maximum atomic E-state index is 12.3. The molecule has 0 saturated carbocycles. The summed E-state index contributed by atoms with van der Waals surface area (Å²) >= 11 is 9.42. The van der Waals surface area contributed by atoms with Crippen molar-refractivity contribution in [1.82, 2.24) is 0 Å². The van der Waals surface area contributed by atoms with E-state index in [9.17, 15) is 4.79 Å². The summed E-state index contributed by atoms with van der Waals surface area (Å²) in [5.74, 6) is 0.564. The first-order valence-corrected chi connectivity index (χ1v) is 8.18. The van der Waals surface area contributed by atoms with Crippen LogP contribution in [0.25, 0.3) is 0 Å². The summed E-state index contributed by atoms with van der Waals surface area (Å²) in [7, 11) is 0. The van der Waals surface area contributed by atoms with Gasteiger partial charge in [-0.1, -0.05) is 34.5 Å². The van der Waals surface area contributed by atoms with Crippen LogP contribution in [-0.2, 0) is 0 Å². The number of halogens is 2. The van der Waals surface area contributed by atoms with Gasteiger partial charge in [0.15, 0.2) is 0 Å². The average molecular weight is 383 g/mol. The van der Waals surface area contributed by atoms with Gasteiger partial charge in [0, 0.05) is 10.2 Å². The minimum Gasteiger partial charge on any atom is -0.494 e. The van der Waals surface area contributed by atoms with Gasteiger partial charge in [-0.05, 0) is 55.3 Å². The van der Waals surface area contributed by atoms with Crippen LogP contribution in [0.1, 0.15) is 29.3 Å². The minimum absolute atomic E-state index is 0.239. The van der Waals surface area contributed by atoms with Crippen LogP contribution in [0.2, 0.25) is 5.02 Å². The van der Waals surface area contributed by atoms with Gasteiger partial charge in [0.1, 0.15) is 5.75 Å². The summed E-state index contributed by atoms with van der Waals surface area (Å²) in [6.07, 6.45) is 0.957. The predicted molar refractivity (Wildman–Crippen MR) is 94.1 cm³/mol. The van der Waals surface area contributed by atoms with Crippen LogP contribution < -0.4 is 10.1 Å². The number of benzene rings is 2. The number of carbonyl (C=O) groups is 1. The molecule has 0 spiro atoms. The number of amides is 1. The largest absolute Gasteiger partial charge is 0.494 e. The zero-order chi connectivity index (χ0) is 16.1. The van der Waals surface area contributed by atoms with E-state index in [4.69, 9.17) is 16.3 Å². The maximum Gasteiger partial charge on any atom is 0.257 e. The van der Waals surface area contributed by atoms with Crippen molar-refractivity contribution in [2.45, 2.75) is 20.3 Å². The Morgan fingerprint density at radius 1 is 1.27 bits per heavy atom. The van der Waals surface area contributed by atoms with Crippen LogP contribution in [0.4, 0.5) is 5.69 Å². The molecule has 5 heteroatoms. The number of nitrogens with one attached hydrogen (secondary N) is 1. The number of aryl methyl sites for hydroxylation is 1. The molecule has 2 aromatic rings. The number of carbonyl (C=O) groups excluding carboxylic acids is 1. The van der Waals surface area contributed by atoms with Gasteiger partial charge < -0.3 is 10.1 Å². The maximum absolute atomic E-state index is 12.3. The van der Waals surface area contributed by atoms with Gasteiger partial charge in [-0.3, -0.25) is 4.79 Å². The van der Waals surface area contributed by atoms with Crippen LogP contribution >= 0.6 is 27.5 Å². The van der Waals surface area contributed by atoms with Crippen LogP contribution in [0, 0.1) is 6.92 Å². The first kappa shape index (κ1) is 16.8. The first-order chi connectivity index (χ1) is 10.5. The molecule has 0 heterocycles. The van der Waals surface area contributed by atoms with E-state index < -0.39 is 0 Å². The molecular weight excluding hydrogens is 366 g/mol. The summed E-state index contributed by atoms with van der Waals surface area (Å²) in [4.78, 5) is 12.3. The van der Waals surface area contributed by atoms with E-state index in [2.05, 4.69) is 28.2 Å². The molecule has 0 fully saturated rings. The lowest BCUT2D eigenvalue weighted by Crippen LogP contribution is -2.13. The normalized spacial score (nSPS) is 10.4. The Balaban J connectivity index is 2.16. The van der Waals surface area contributed by atoms with Gasteiger partial charge in [-0.2, -0.15) is 0 Å². The fraction of sp³-hybridized carbons (Fsp3) is 0.235. The van der Waals surface area contributed by atoms with Crippen LogP contribution in [0.3, 0.4) is 0 Å². The van der Waals surface area contributed by atoms with E-state index in [0.717, 1.165) is 27.9 Å². The summed E-state index contributed by atoms with van der Waals surface area (Å²) in [5, 5.41) is 3.30. The lowest BCUT2D eigenvalue weighted by atomic mass is 10.1. The zero-order valence-corrected chi connectivity index (χ0v) is 14.8. The average Bonchev–Trinajstić information content (AvgIpc) is 2.50. The molecule has 3 nitrogen and oxygen atoms in total. The Morgan fingerprint density at radius 3 is 2.73 bits per heavy atom. The quantitative estimate of drug-likeness (QED) is 0.746. The molecule has 0 bridgehead atoms. The molecule has 116 valence electrons. The molecule has 0 saturated heterocycles. The van der Waals surface area contributed by atoms with Crippen molar-refractivity contribution < 1.29 is 9.53 Å². The minimum atomic E-state index is -0.239. The Bertz CT molecular complexity index is 688. The molecular formula is C17H17BrClNO2. The number of ether oxygens (including phenoxy) is 1. The van der Waals surface area contributed by atoms with Crippen molar-refractivity contribution in [3.63, 3.8) is 0 Å². The Labute approximate surface area is 143 Å². The third-order valence-electron chi connectivity index (χ3n) is 3.09. The highest BCUT2D eigenvalue weighted by molar-refractivity contribution is 9.10. The van der Waals surface area contributed by atoms with Crippen molar-refractivity contribution in [2.24, 2.45) is 0 Å². The highest BCUT2D eigenvalue weighted by Gasteiger charge is 2.12. The summed E-state index contributed by atoms with van der Waals surface area (Å²) in [5.41, 5.74) is 2.11. The van der Waals surface area contributed by atoms with E-state index in [1.54, 1.807) is 18.2 Å². The highest BCUT2D eigenvalue weighted by atomic mass is 79.9. The lowest BCUT2D eigenvalue weighted by Gasteiger charge is -2.12. The van der Waals surface area contributed by atoms with E-state index in [1.807, 2.05) is 25.1 Å². The highest BCUT2D eigenvalue weighted by Crippen LogP contribution is 2.25. The monoisotopic (exact) mass is 381 g/mol. The topological polar surface area (TPSA) is 38.3 Å². The summed E-state index contributed by atoms with van der Waals surface area (Å²) < 4.78 is 6.38. The number of hydrogen-bond acceptors (Lipinski definition) is 2. The van der Waals surface area contributed by atoms with Gasteiger partial charge in [-0.25, -0.2) is 0 Å². The molecule has 2 aromatic carbocycles. The number of rotatable bonds is 5. The molecule has 1 amide bonds. The van der Waals surface area contributed by atoms with Crippen LogP contribution in [0.15, 0.2) is 40.9 Å². The van der Waals surface area contributed by atoms with Gasteiger partial charge in [-0.15, -0.1) is 0 Å². The molecule has 2 rings (SSSR count). The van der Waals surface area contributed by atoms with Crippen molar-refractivity contribution in [3.05, 3.63) is 57.0 Å². The van der Waals surface area contributed by atoms with Crippen molar-refractivity contribution in [1.29, 1.82) is 0 Å². The standard InChI is InChI=1S/C17H17BrClNO2/c1-3-8-22-13-5-7-16(11(2)9-13)20-17(21)14-10-12(18)4-6-15(14)19/h4-7,9-10H,3,8H2,1-2H3,(H,20,21). The molecule has 0 radical (unpaired) electrons. The van der Waals surface area contributed by atoms with Gasteiger partial charge in [0.05, 0.1) is 17.2 Å². The fourth-order valence-electron chi connectivity index (χ4n) is 1.95. The second-order valence-corrected chi connectivity index (χ2v) is 6.23.